The predicted molar refractivity (Wildman–Crippen MR) is 164 cm³/mol. The Bertz CT molecular complexity index is 1310. The first-order valence-corrected chi connectivity index (χ1v) is 11.7. The van der Waals surface area contributed by atoms with Crippen molar-refractivity contribution in [2.75, 3.05) is 48.8 Å². The standard InChI is InChI=1S/C27H28N6O.3ClH.H2O/c1-32-10-12-33(13-11-32)22-5-9-25-21(15-22)17-29-27(31-25)19-4-8-24-20(14-19)16-28-26(30-24)18-2-6-23(34)7-3-18;;;;/h2-9,14-15,34H,10-13,16-17H2,1H3,(H,28,30)(H,29,31);3*1H;1H2. The molecule has 3 aliphatic rings. The van der Waals surface area contributed by atoms with Crippen molar-refractivity contribution in [3.8, 4) is 5.75 Å². The van der Waals surface area contributed by atoms with Gasteiger partial charge >= 0.3 is 0 Å². The van der Waals surface area contributed by atoms with Gasteiger partial charge in [-0.1, -0.05) is 0 Å². The molecular formula is C27H33Cl3N6O2. The Kier molecular flexibility index (Phi) is 10.8. The van der Waals surface area contributed by atoms with Crippen molar-refractivity contribution in [3.63, 3.8) is 0 Å². The summed E-state index contributed by atoms with van der Waals surface area (Å²) >= 11 is 0. The maximum absolute atomic E-state index is 9.53. The number of halogens is 3. The fourth-order valence-electron chi connectivity index (χ4n) is 4.70. The van der Waals surface area contributed by atoms with Crippen LogP contribution in [0, 0.1) is 0 Å². The van der Waals surface area contributed by atoms with Crippen molar-refractivity contribution in [2.24, 2.45) is 9.98 Å². The zero-order chi connectivity index (χ0) is 23.1. The van der Waals surface area contributed by atoms with Crippen LogP contribution in [-0.2, 0) is 13.1 Å². The quantitative estimate of drug-likeness (QED) is 0.428. The molecule has 0 unspecified atom stereocenters. The van der Waals surface area contributed by atoms with Crippen molar-refractivity contribution < 1.29 is 10.6 Å². The van der Waals surface area contributed by atoms with E-state index in [1.54, 1.807) is 12.1 Å². The molecule has 1 fully saturated rings. The average molecular weight is 580 g/mol. The molecule has 0 aromatic heterocycles. The molecule has 0 amide bonds. The van der Waals surface area contributed by atoms with Crippen LogP contribution in [0.25, 0.3) is 0 Å². The lowest BCUT2D eigenvalue weighted by Crippen LogP contribution is -2.44. The fourth-order valence-corrected chi connectivity index (χ4v) is 4.70. The van der Waals surface area contributed by atoms with Gasteiger partial charge in [0.25, 0.3) is 0 Å². The van der Waals surface area contributed by atoms with Gasteiger partial charge in [0.1, 0.15) is 17.4 Å². The number of likely N-dealkylation sites (N-methyl/N-ethyl adjacent to an activating group) is 1. The number of fused-ring (bicyclic) bond motifs is 2. The number of aliphatic imine (C=N–C) groups is 2. The van der Waals surface area contributed by atoms with E-state index in [9.17, 15) is 5.11 Å². The Hall–Kier alpha value is -3.01. The molecule has 1 saturated heterocycles. The highest BCUT2D eigenvalue weighted by Crippen LogP contribution is 2.30. The summed E-state index contributed by atoms with van der Waals surface area (Å²) in [5.41, 5.74) is 7.87. The van der Waals surface area contributed by atoms with E-state index >= 15 is 0 Å². The molecule has 0 radical (unpaired) electrons. The van der Waals surface area contributed by atoms with Gasteiger partial charge in [0.15, 0.2) is 0 Å². The van der Waals surface area contributed by atoms with E-state index in [-0.39, 0.29) is 48.4 Å². The van der Waals surface area contributed by atoms with E-state index in [2.05, 4.69) is 63.9 Å². The maximum atomic E-state index is 9.53. The van der Waals surface area contributed by atoms with E-state index in [1.807, 2.05) is 12.1 Å². The lowest BCUT2D eigenvalue weighted by molar-refractivity contribution is 0.313. The average Bonchev–Trinajstić information content (AvgIpc) is 2.88. The first-order valence-electron chi connectivity index (χ1n) is 11.7. The number of phenols is 1. The van der Waals surface area contributed by atoms with Gasteiger partial charge in [-0.2, -0.15) is 0 Å². The Morgan fingerprint density at radius 1 is 0.684 bits per heavy atom. The summed E-state index contributed by atoms with van der Waals surface area (Å²) in [6.07, 6.45) is 0. The molecule has 0 bridgehead atoms. The molecule has 0 saturated carbocycles. The maximum Gasteiger partial charge on any atom is 0.133 e. The summed E-state index contributed by atoms with van der Waals surface area (Å²) in [6.45, 7) is 5.62. The number of aromatic hydroxyl groups is 1. The Morgan fingerprint density at radius 3 is 1.84 bits per heavy atom. The zero-order valence-corrected chi connectivity index (χ0v) is 23.4. The summed E-state index contributed by atoms with van der Waals surface area (Å²) in [7, 11) is 2.18. The van der Waals surface area contributed by atoms with Gasteiger partial charge in [-0.05, 0) is 78.8 Å². The third-order valence-electron chi connectivity index (χ3n) is 6.80. The second-order valence-electron chi connectivity index (χ2n) is 9.13. The normalized spacial score (nSPS) is 15.8. The number of benzene rings is 3. The fraction of sp³-hybridized carbons (Fsp3) is 0.259. The number of anilines is 3. The molecule has 3 aromatic carbocycles. The first kappa shape index (κ1) is 31.2. The zero-order valence-electron chi connectivity index (χ0n) is 21.0. The number of amidine groups is 2. The molecule has 0 aliphatic carbocycles. The third-order valence-corrected chi connectivity index (χ3v) is 6.80. The highest BCUT2D eigenvalue weighted by molar-refractivity contribution is 6.12. The molecule has 8 nitrogen and oxygen atoms in total. The van der Waals surface area contributed by atoms with Gasteiger partial charge in [-0.25, -0.2) is 0 Å². The van der Waals surface area contributed by atoms with Gasteiger partial charge in [0, 0.05) is 54.4 Å². The first-order chi connectivity index (χ1) is 16.6. The number of hydrogen-bond donors (Lipinski definition) is 3. The largest absolute Gasteiger partial charge is 0.508 e. The minimum atomic E-state index is 0. The van der Waals surface area contributed by atoms with Crippen molar-refractivity contribution in [2.45, 2.75) is 13.1 Å². The van der Waals surface area contributed by atoms with E-state index < -0.39 is 0 Å². The number of nitrogens with zero attached hydrogens (tertiary/aromatic N) is 4. The van der Waals surface area contributed by atoms with Crippen LogP contribution in [0.4, 0.5) is 17.1 Å². The molecule has 3 heterocycles. The van der Waals surface area contributed by atoms with E-state index in [1.165, 1.54) is 11.3 Å². The van der Waals surface area contributed by atoms with Gasteiger partial charge in [0.2, 0.25) is 0 Å². The molecule has 5 N–H and O–H groups in total. The smallest absolute Gasteiger partial charge is 0.133 e. The molecule has 11 heteroatoms. The Balaban J connectivity index is 0.00000127. The number of nitrogens with one attached hydrogen (secondary N) is 2. The molecule has 6 rings (SSSR count). The van der Waals surface area contributed by atoms with Crippen LogP contribution in [0.5, 0.6) is 5.75 Å². The summed E-state index contributed by atoms with van der Waals surface area (Å²) in [6, 6.07) is 20.1. The lowest BCUT2D eigenvalue weighted by Gasteiger charge is -2.34. The van der Waals surface area contributed by atoms with Crippen LogP contribution in [0.3, 0.4) is 0 Å². The van der Waals surface area contributed by atoms with E-state index in [0.717, 1.165) is 65.9 Å². The van der Waals surface area contributed by atoms with Crippen molar-refractivity contribution in [1.82, 2.24) is 4.90 Å². The summed E-state index contributed by atoms with van der Waals surface area (Å²) in [5.74, 6) is 1.97. The third kappa shape index (κ3) is 6.34. The summed E-state index contributed by atoms with van der Waals surface area (Å²) in [4.78, 5) is 14.4. The van der Waals surface area contributed by atoms with Crippen LogP contribution in [0.15, 0.2) is 70.6 Å². The van der Waals surface area contributed by atoms with Gasteiger partial charge < -0.3 is 31.0 Å². The molecule has 0 spiro atoms. The second kappa shape index (κ2) is 13.2. The molecule has 204 valence electrons. The van der Waals surface area contributed by atoms with Crippen molar-refractivity contribution in [1.29, 1.82) is 0 Å². The minimum Gasteiger partial charge on any atom is -0.508 e. The van der Waals surface area contributed by atoms with Crippen LogP contribution < -0.4 is 15.5 Å². The van der Waals surface area contributed by atoms with Crippen LogP contribution in [-0.4, -0.2) is 60.4 Å². The van der Waals surface area contributed by atoms with E-state index in [4.69, 9.17) is 9.98 Å². The number of rotatable bonds is 3. The Labute approximate surface area is 241 Å². The van der Waals surface area contributed by atoms with E-state index in [0.29, 0.717) is 13.1 Å². The lowest BCUT2D eigenvalue weighted by atomic mass is 10.0. The van der Waals surface area contributed by atoms with Crippen LogP contribution in [0.2, 0.25) is 0 Å². The van der Waals surface area contributed by atoms with Crippen molar-refractivity contribution >= 4 is 66.0 Å². The summed E-state index contributed by atoms with van der Waals surface area (Å²) in [5, 5.41) is 16.5. The predicted octanol–water partition coefficient (Wildman–Crippen LogP) is 4.33. The van der Waals surface area contributed by atoms with Gasteiger partial charge in [-0.15, -0.1) is 37.2 Å². The minimum absolute atomic E-state index is 0. The molecule has 0 atom stereocenters. The summed E-state index contributed by atoms with van der Waals surface area (Å²) < 4.78 is 0. The highest BCUT2D eigenvalue weighted by Gasteiger charge is 2.20. The van der Waals surface area contributed by atoms with Gasteiger partial charge in [-0.3, -0.25) is 9.98 Å². The topological polar surface area (TPSA) is 107 Å². The molecular weight excluding hydrogens is 547 g/mol. The van der Waals surface area contributed by atoms with Crippen molar-refractivity contribution in [3.05, 3.63) is 82.9 Å². The number of piperazine rings is 1. The molecule has 3 aromatic rings. The molecule has 38 heavy (non-hydrogen) atoms. The molecule has 3 aliphatic heterocycles. The monoisotopic (exact) mass is 578 g/mol. The number of phenolic OH excluding ortho intramolecular Hbond substituents is 1. The van der Waals surface area contributed by atoms with Gasteiger partial charge in [0.05, 0.1) is 13.1 Å². The highest BCUT2D eigenvalue weighted by atomic mass is 35.5. The SMILES string of the molecule is CN1CCN(c2ccc3c(c2)CN=C(c2ccc4c(c2)CN=C(c2ccc(O)cc2)N4)N3)CC1.Cl.Cl.Cl.O. The van der Waals surface area contributed by atoms with Crippen LogP contribution in [0.1, 0.15) is 22.3 Å². The van der Waals surface area contributed by atoms with Crippen LogP contribution >= 0.6 is 37.2 Å². The second-order valence-corrected chi connectivity index (χ2v) is 9.13. The Morgan fingerprint density at radius 2 is 1.21 bits per heavy atom. The number of hydrogen-bond acceptors (Lipinski definition) is 7.